The Labute approximate surface area is 106 Å². The van der Waals surface area contributed by atoms with Crippen LogP contribution in [0, 0.1) is 12.7 Å². The Morgan fingerprint density at radius 1 is 1.39 bits per heavy atom. The molecule has 18 heavy (non-hydrogen) atoms. The lowest BCUT2D eigenvalue weighted by Gasteiger charge is -2.05. The number of benzene rings is 1. The maximum atomic E-state index is 13.3. The van der Waals surface area contributed by atoms with Crippen LogP contribution in [-0.4, -0.2) is 16.5 Å². The predicted octanol–water partition coefficient (Wildman–Crippen LogP) is 2.58. The van der Waals surface area contributed by atoms with Crippen molar-refractivity contribution in [2.45, 2.75) is 26.3 Å². The average Bonchev–Trinajstić information content (AvgIpc) is 2.86. The van der Waals surface area contributed by atoms with E-state index in [-0.39, 0.29) is 5.82 Å². The summed E-state index contributed by atoms with van der Waals surface area (Å²) < 4.78 is 13.3. The standard InChI is InChI=1S/C14H18FN3/c1-11-4-5-12(9-13(11)15)10-16-6-2-3-14-17-7-8-18-14/h4-5,7-9,16H,2-3,6,10H2,1H3,(H,17,18). The van der Waals surface area contributed by atoms with Crippen molar-refractivity contribution in [2.24, 2.45) is 0 Å². The molecule has 1 aromatic heterocycles. The van der Waals surface area contributed by atoms with Crippen LogP contribution in [0.15, 0.2) is 30.6 Å². The second-order valence-electron chi connectivity index (χ2n) is 4.40. The lowest BCUT2D eigenvalue weighted by atomic mass is 10.1. The van der Waals surface area contributed by atoms with Gasteiger partial charge in [-0.2, -0.15) is 0 Å². The van der Waals surface area contributed by atoms with E-state index >= 15 is 0 Å². The van der Waals surface area contributed by atoms with Gasteiger partial charge in [0.2, 0.25) is 0 Å². The molecule has 4 heteroatoms. The predicted molar refractivity (Wildman–Crippen MR) is 69.8 cm³/mol. The van der Waals surface area contributed by atoms with Crippen molar-refractivity contribution in [3.63, 3.8) is 0 Å². The highest BCUT2D eigenvalue weighted by Crippen LogP contribution is 2.08. The molecule has 2 N–H and O–H groups in total. The number of nitrogens with zero attached hydrogens (tertiary/aromatic N) is 1. The number of hydrogen-bond donors (Lipinski definition) is 2. The summed E-state index contributed by atoms with van der Waals surface area (Å²) in [6.07, 6.45) is 5.54. The summed E-state index contributed by atoms with van der Waals surface area (Å²) >= 11 is 0. The zero-order valence-corrected chi connectivity index (χ0v) is 10.5. The Morgan fingerprint density at radius 2 is 2.28 bits per heavy atom. The first kappa shape index (κ1) is 12.8. The molecule has 96 valence electrons. The minimum Gasteiger partial charge on any atom is -0.349 e. The van der Waals surface area contributed by atoms with E-state index in [9.17, 15) is 4.39 Å². The number of aromatic amines is 1. The molecule has 0 saturated carbocycles. The fraction of sp³-hybridized carbons (Fsp3) is 0.357. The Hall–Kier alpha value is -1.68. The number of aromatic nitrogens is 2. The van der Waals surface area contributed by atoms with E-state index in [1.165, 1.54) is 0 Å². The van der Waals surface area contributed by atoms with Crippen molar-refractivity contribution >= 4 is 0 Å². The van der Waals surface area contributed by atoms with Crippen molar-refractivity contribution < 1.29 is 4.39 Å². The van der Waals surface area contributed by atoms with Crippen molar-refractivity contribution in [3.8, 4) is 0 Å². The van der Waals surface area contributed by atoms with Crippen LogP contribution < -0.4 is 5.32 Å². The molecule has 0 unspecified atom stereocenters. The van der Waals surface area contributed by atoms with Gasteiger partial charge in [0.25, 0.3) is 0 Å². The fourth-order valence-corrected chi connectivity index (χ4v) is 1.79. The summed E-state index contributed by atoms with van der Waals surface area (Å²) in [5.74, 6) is 0.878. The highest BCUT2D eigenvalue weighted by atomic mass is 19.1. The van der Waals surface area contributed by atoms with Crippen molar-refractivity contribution in [3.05, 3.63) is 53.4 Å². The molecule has 2 rings (SSSR count). The Bertz CT molecular complexity index is 480. The van der Waals surface area contributed by atoms with Gasteiger partial charge in [-0.25, -0.2) is 9.37 Å². The summed E-state index contributed by atoms with van der Waals surface area (Å²) in [5, 5.41) is 3.30. The van der Waals surface area contributed by atoms with Gasteiger partial charge < -0.3 is 10.3 Å². The van der Waals surface area contributed by atoms with Crippen LogP contribution in [0.25, 0.3) is 0 Å². The number of aryl methyl sites for hydroxylation is 2. The topological polar surface area (TPSA) is 40.7 Å². The van der Waals surface area contributed by atoms with Crippen molar-refractivity contribution in [2.75, 3.05) is 6.54 Å². The molecule has 0 amide bonds. The number of halogens is 1. The first-order valence-electron chi connectivity index (χ1n) is 6.20. The van der Waals surface area contributed by atoms with Gasteiger partial charge >= 0.3 is 0 Å². The largest absolute Gasteiger partial charge is 0.349 e. The van der Waals surface area contributed by atoms with E-state index in [0.29, 0.717) is 12.1 Å². The molecule has 0 fully saturated rings. The molecule has 1 aromatic carbocycles. The van der Waals surface area contributed by atoms with Crippen LogP contribution in [0.1, 0.15) is 23.4 Å². The first-order chi connectivity index (χ1) is 8.75. The highest BCUT2D eigenvalue weighted by molar-refractivity contribution is 5.23. The van der Waals surface area contributed by atoms with E-state index in [4.69, 9.17) is 0 Å². The Balaban J connectivity index is 1.67. The van der Waals surface area contributed by atoms with Gasteiger partial charge in [0.1, 0.15) is 11.6 Å². The zero-order valence-electron chi connectivity index (χ0n) is 10.5. The number of H-pyrrole nitrogens is 1. The van der Waals surface area contributed by atoms with Crippen molar-refractivity contribution in [1.29, 1.82) is 0 Å². The summed E-state index contributed by atoms with van der Waals surface area (Å²) in [7, 11) is 0. The average molecular weight is 247 g/mol. The molecule has 3 nitrogen and oxygen atoms in total. The van der Waals surface area contributed by atoms with E-state index < -0.39 is 0 Å². The van der Waals surface area contributed by atoms with Gasteiger partial charge in [0.15, 0.2) is 0 Å². The first-order valence-corrected chi connectivity index (χ1v) is 6.20. The molecular formula is C14H18FN3. The Morgan fingerprint density at radius 3 is 3.00 bits per heavy atom. The second-order valence-corrected chi connectivity index (χ2v) is 4.40. The number of nitrogens with one attached hydrogen (secondary N) is 2. The molecule has 0 radical (unpaired) electrons. The van der Waals surface area contributed by atoms with Crippen LogP contribution in [0.3, 0.4) is 0 Å². The summed E-state index contributed by atoms with van der Waals surface area (Å²) in [6.45, 7) is 3.38. The zero-order chi connectivity index (χ0) is 12.8. The smallest absolute Gasteiger partial charge is 0.126 e. The molecule has 0 aliphatic rings. The van der Waals surface area contributed by atoms with Crippen LogP contribution in [-0.2, 0) is 13.0 Å². The third-order valence-electron chi connectivity index (χ3n) is 2.89. The van der Waals surface area contributed by atoms with Crippen LogP contribution in [0.5, 0.6) is 0 Å². The van der Waals surface area contributed by atoms with Gasteiger partial charge in [-0.15, -0.1) is 0 Å². The van der Waals surface area contributed by atoms with E-state index in [2.05, 4.69) is 15.3 Å². The monoisotopic (exact) mass is 247 g/mol. The highest BCUT2D eigenvalue weighted by Gasteiger charge is 1.99. The third-order valence-corrected chi connectivity index (χ3v) is 2.89. The second kappa shape index (κ2) is 6.31. The van der Waals surface area contributed by atoms with Gasteiger partial charge in [-0.3, -0.25) is 0 Å². The molecule has 0 saturated heterocycles. The lowest BCUT2D eigenvalue weighted by Crippen LogP contribution is -2.15. The summed E-state index contributed by atoms with van der Waals surface area (Å²) in [5.41, 5.74) is 1.67. The van der Waals surface area contributed by atoms with E-state index in [1.807, 2.05) is 18.3 Å². The molecule has 0 spiro atoms. The van der Waals surface area contributed by atoms with Crippen molar-refractivity contribution in [1.82, 2.24) is 15.3 Å². The fourth-order valence-electron chi connectivity index (χ4n) is 1.79. The van der Waals surface area contributed by atoms with Gasteiger partial charge in [-0.1, -0.05) is 12.1 Å². The molecule has 0 aliphatic carbocycles. The van der Waals surface area contributed by atoms with E-state index in [0.717, 1.165) is 30.8 Å². The molecule has 0 bridgehead atoms. The third kappa shape index (κ3) is 3.67. The minimum atomic E-state index is -0.134. The SMILES string of the molecule is Cc1ccc(CNCCCc2ncc[nH]2)cc1F. The van der Waals surface area contributed by atoms with Crippen LogP contribution in [0.4, 0.5) is 4.39 Å². The maximum Gasteiger partial charge on any atom is 0.126 e. The molecule has 2 aromatic rings. The molecule has 0 atom stereocenters. The number of imidazole rings is 1. The minimum absolute atomic E-state index is 0.134. The summed E-state index contributed by atoms with van der Waals surface area (Å²) in [6, 6.07) is 5.36. The number of hydrogen-bond acceptors (Lipinski definition) is 2. The molecule has 0 aliphatic heterocycles. The normalized spacial score (nSPS) is 10.8. The van der Waals surface area contributed by atoms with Gasteiger partial charge in [0.05, 0.1) is 0 Å². The summed E-state index contributed by atoms with van der Waals surface area (Å²) in [4.78, 5) is 7.23. The van der Waals surface area contributed by atoms with Gasteiger partial charge in [-0.05, 0) is 37.1 Å². The Kier molecular flexibility index (Phi) is 4.47. The maximum absolute atomic E-state index is 13.3. The van der Waals surface area contributed by atoms with Crippen LogP contribution in [0.2, 0.25) is 0 Å². The number of rotatable bonds is 6. The van der Waals surface area contributed by atoms with Gasteiger partial charge in [0, 0.05) is 25.4 Å². The molecule has 1 heterocycles. The lowest BCUT2D eigenvalue weighted by molar-refractivity contribution is 0.607. The quantitative estimate of drug-likeness (QED) is 0.770. The van der Waals surface area contributed by atoms with E-state index in [1.54, 1.807) is 19.2 Å². The molecular weight excluding hydrogens is 229 g/mol. The van der Waals surface area contributed by atoms with Crippen LogP contribution >= 0.6 is 0 Å².